The first-order valence-electron chi connectivity index (χ1n) is 5.32. The van der Waals surface area contributed by atoms with Crippen LogP contribution in [0.1, 0.15) is 47.5 Å². The first-order chi connectivity index (χ1) is 6.37. The molecule has 0 fully saturated rings. The SMILES string of the molecule is CCC(C)(CC)C(O)=CC(=O)C(C)C. The summed E-state index contributed by atoms with van der Waals surface area (Å²) < 4.78 is 0. The number of rotatable bonds is 5. The predicted molar refractivity (Wildman–Crippen MR) is 59.2 cm³/mol. The third-order valence-corrected chi connectivity index (χ3v) is 3.03. The minimum atomic E-state index is -0.245. The van der Waals surface area contributed by atoms with Gasteiger partial charge in [-0.15, -0.1) is 0 Å². The Labute approximate surface area is 87.0 Å². The number of allylic oxidation sites excluding steroid dienone is 2. The Balaban J connectivity index is 4.74. The van der Waals surface area contributed by atoms with Gasteiger partial charge in [-0.2, -0.15) is 0 Å². The summed E-state index contributed by atoms with van der Waals surface area (Å²) in [6, 6.07) is 0. The van der Waals surface area contributed by atoms with Crippen molar-refractivity contribution < 1.29 is 9.90 Å². The molecular formula is C12H22O2. The van der Waals surface area contributed by atoms with E-state index in [0.29, 0.717) is 0 Å². The molecule has 0 aromatic rings. The molecule has 0 spiro atoms. The van der Waals surface area contributed by atoms with Gasteiger partial charge >= 0.3 is 0 Å². The van der Waals surface area contributed by atoms with Gasteiger partial charge in [0.25, 0.3) is 0 Å². The highest BCUT2D eigenvalue weighted by Crippen LogP contribution is 2.32. The predicted octanol–water partition coefficient (Wildman–Crippen LogP) is 3.48. The molecule has 2 nitrogen and oxygen atoms in total. The zero-order valence-corrected chi connectivity index (χ0v) is 9.92. The zero-order valence-electron chi connectivity index (χ0n) is 9.92. The molecule has 1 N–H and O–H groups in total. The molecule has 14 heavy (non-hydrogen) atoms. The van der Waals surface area contributed by atoms with E-state index >= 15 is 0 Å². The number of ketones is 1. The van der Waals surface area contributed by atoms with Crippen molar-refractivity contribution in [2.24, 2.45) is 11.3 Å². The minimum Gasteiger partial charge on any atom is -0.512 e. The molecule has 0 aliphatic carbocycles. The summed E-state index contributed by atoms with van der Waals surface area (Å²) >= 11 is 0. The lowest BCUT2D eigenvalue weighted by Gasteiger charge is -2.25. The van der Waals surface area contributed by atoms with Crippen LogP contribution in [0, 0.1) is 11.3 Å². The van der Waals surface area contributed by atoms with Crippen LogP contribution >= 0.6 is 0 Å². The maximum absolute atomic E-state index is 11.4. The van der Waals surface area contributed by atoms with Gasteiger partial charge in [-0.05, 0) is 12.8 Å². The monoisotopic (exact) mass is 198 g/mol. The number of aliphatic hydroxyl groups is 1. The molecule has 0 heterocycles. The van der Waals surface area contributed by atoms with Crippen LogP contribution in [0.25, 0.3) is 0 Å². The molecule has 0 rings (SSSR count). The molecule has 0 bridgehead atoms. The van der Waals surface area contributed by atoms with Gasteiger partial charge < -0.3 is 5.11 Å². The number of hydrogen-bond donors (Lipinski definition) is 1. The average molecular weight is 198 g/mol. The van der Waals surface area contributed by atoms with Gasteiger partial charge in [0.1, 0.15) is 5.76 Å². The summed E-state index contributed by atoms with van der Waals surface area (Å²) in [4.78, 5) is 11.4. The molecule has 0 aromatic carbocycles. The van der Waals surface area contributed by atoms with Crippen LogP contribution in [0.3, 0.4) is 0 Å². The quantitative estimate of drug-likeness (QED) is 0.542. The van der Waals surface area contributed by atoms with Crippen LogP contribution < -0.4 is 0 Å². The molecule has 0 aliphatic heterocycles. The maximum Gasteiger partial charge on any atom is 0.161 e. The third kappa shape index (κ3) is 3.17. The molecule has 0 atom stereocenters. The molecule has 0 unspecified atom stereocenters. The second-order valence-corrected chi connectivity index (χ2v) is 4.35. The van der Waals surface area contributed by atoms with Gasteiger partial charge in [0, 0.05) is 17.4 Å². The first kappa shape index (κ1) is 13.2. The van der Waals surface area contributed by atoms with Gasteiger partial charge in [0.05, 0.1) is 0 Å². The van der Waals surface area contributed by atoms with Crippen molar-refractivity contribution >= 4 is 5.78 Å². The van der Waals surface area contributed by atoms with E-state index < -0.39 is 0 Å². The smallest absolute Gasteiger partial charge is 0.161 e. The Kier molecular flexibility index (Phi) is 4.89. The maximum atomic E-state index is 11.4. The molecule has 0 aromatic heterocycles. The Hall–Kier alpha value is -0.790. The summed E-state index contributed by atoms with van der Waals surface area (Å²) in [5.41, 5.74) is -0.245. The molecule has 0 radical (unpaired) electrons. The lowest BCUT2D eigenvalue weighted by Crippen LogP contribution is -2.19. The highest BCUT2D eigenvalue weighted by molar-refractivity contribution is 5.91. The Morgan fingerprint density at radius 2 is 1.79 bits per heavy atom. The summed E-state index contributed by atoms with van der Waals surface area (Å²) in [6.07, 6.45) is 3.08. The van der Waals surface area contributed by atoms with Crippen molar-refractivity contribution in [2.75, 3.05) is 0 Å². The van der Waals surface area contributed by atoms with Crippen molar-refractivity contribution in [3.8, 4) is 0 Å². The largest absolute Gasteiger partial charge is 0.512 e. The average Bonchev–Trinajstić information content (AvgIpc) is 2.16. The fourth-order valence-corrected chi connectivity index (χ4v) is 1.09. The van der Waals surface area contributed by atoms with Crippen LogP contribution in [0.4, 0.5) is 0 Å². The molecular weight excluding hydrogens is 176 g/mol. The van der Waals surface area contributed by atoms with Crippen LogP contribution in [0.2, 0.25) is 0 Å². The van der Waals surface area contributed by atoms with Gasteiger partial charge in [-0.3, -0.25) is 4.79 Å². The van der Waals surface area contributed by atoms with Gasteiger partial charge in [-0.1, -0.05) is 34.6 Å². The Morgan fingerprint density at radius 3 is 2.07 bits per heavy atom. The first-order valence-corrected chi connectivity index (χ1v) is 5.32. The van der Waals surface area contributed by atoms with E-state index in [4.69, 9.17) is 0 Å². The molecule has 0 saturated carbocycles. The van der Waals surface area contributed by atoms with Crippen LogP contribution in [-0.4, -0.2) is 10.9 Å². The van der Waals surface area contributed by atoms with E-state index in [2.05, 4.69) is 0 Å². The van der Waals surface area contributed by atoms with Gasteiger partial charge in [0.15, 0.2) is 5.78 Å². The van der Waals surface area contributed by atoms with Crippen LogP contribution in [-0.2, 0) is 4.79 Å². The second-order valence-electron chi connectivity index (χ2n) is 4.35. The zero-order chi connectivity index (χ0) is 11.4. The van der Waals surface area contributed by atoms with Crippen molar-refractivity contribution in [2.45, 2.75) is 47.5 Å². The van der Waals surface area contributed by atoms with Crippen LogP contribution in [0.15, 0.2) is 11.8 Å². The fraction of sp³-hybridized carbons (Fsp3) is 0.750. The molecule has 0 saturated heterocycles. The summed E-state index contributed by atoms with van der Waals surface area (Å²) in [5.74, 6) is 0.173. The van der Waals surface area contributed by atoms with Crippen molar-refractivity contribution in [3.63, 3.8) is 0 Å². The number of hydrogen-bond acceptors (Lipinski definition) is 2. The summed E-state index contributed by atoms with van der Waals surface area (Å²) in [6.45, 7) is 9.69. The number of aliphatic hydroxyl groups excluding tert-OH is 1. The van der Waals surface area contributed by atoms with Crippen molar-refractivity contribution in [1.29, 1.82) is 0 Å². The standard InChI is InChI=1S/C12H22O2/c1-6-12(5,7-2)11(14)8-10(13)9(3)4/h8-9,14H,6-7H2,1-5H3. The van der Waals surface area contributed by atoms with E-state index in [0.717, 1.165) is 12.8 Å². The van der Waals surface area contributed by atoms with E-state index in [1.807, 2.05) is 34.6 Å². The normalized spacial score (nSPS) is 13.4. The number of carbonyl (C=O) groups excluding carboxylic acids is 1. The minimum absolute atomic E-state index is 0.00405. The second kappa shape index (κ2) is 5.18. The van der Waals surface area contributed by atoms with Crippen LogP contribution in [0.5, 0.6) is 0 Å². The highest BCUT2D eigenvalue weighted by Gasteiger charge is 2.25. The Bertz CT molecular complexity index is 222. The van der Waals surface area contributed by atoms with Gasteiger partial charge in [-0.25, -0.2) is 0 Å². The molecule has 0 amide bonds. The van der Waals surface area contributed by atoms with E-state index in [9.17, 15) is 9.90 Å². The fourth-order valence-electron chi connectivity index (χ4n) is 1.09. The van der Waals surface area contributed by atoms with E-state index in [-0.39, 0.29) is 22.9 Å². The number of carbonyl (C=O) groups is 1. The lowest BCUT2D eigenvalue weighted by atomic mass is 9.82. The van der Waals surface area contributed by atoms with Gasteiger partial charge in [0.2, 0.25) is 0 Å². The highest BCUT2D eigenvalue weighted by atomic mass is 16.3. The molecule has 2 heteroatoms. The van der Waals surface area contributed by atoms with E-state index in [1.54, 1.807) is 0 Å². The summed E-state index contributed by atoms with van der Waals surface area (Å²) in [5, 5.41) is 9.83. The Morgan fingerprint density at radius 1 is 1.36 bits per heavy atom. The summed E-state index contributed by atoms with van der Waals surface area (Å²) in [7, 11) is 0. The van der Waals surface area contributed by atoms with Crippen molar-refractivity contribution in [1.82, 2.24) is 0 Å². The third-order valence-electron chi connectivity index (χ3n) is 3.03. The van der Waals surface area contributed by atoms with Crippen molar-refractivity contribution in [3.05, 3.63) is 11.8 Å². The van der Waals surface area contributed by atoms with E-state index in [1.165, 1.54) is 6.08 Å². The molecule has 0 aliphatic rings. The molecule has 82 valence electrons. The lowest BCUT2D eigenvalue weighted by molar-refractivity contribution is -0.117. The topological polar surface area (TPSA) is 37.3 Å².